The van der Waals surface area contributed by atoms with Crippen molar-refractivity contribution in [2.45, 2.75) is 31.7 Å². The number of carbonyl (C=O) groups is 1. The molecule has 1 unspecified atom stereocenters. The molecule has 2 fully saturated rings. The summed E-state index contributed by atoms with van der Waals surface area (Å²) in [5.74, 6) is 0.633. The van der Waals surface area contributed by atoms with Gasteiger partial charge in [0.05, 0.1) is 0 Å². The van der Waals surface area contributed by atoms with E-state index in [1.165, 1.54) is 19.4 Å². The van der Waals surface area contributed by atoms with E-state index in [1.807, 2.05) is 0 Å². The van der Waals surface area contributed by atoms with Crippen LogP contribution in [0.25, 0.3) is 0 Å². The Morgan fingerprint density at radius 3 is 2.87 bits per heavy atom. The summed E-state index contributed by atoms with van der Waals surface area (Å²) in [5.41, 5.74) is 0. The van der Waals surface area contributed by atoms with Gasteiger partial charge in [-0.3, -0.25) is 0 Å². The van der Waals surface area contributed by atoms with Gasteiger partial charge in [-0.1, -0.05) is 0 Å². The summed E-state index contributed by atoms with van der Waals surface area (Å²) in [6.45, 7) is 3.14. The molecule has 15 heavy (non-hydrogen) atoms. The molecule has 2 N–H and O–H groups in total. The molecule has 2 amide bonds. The molecule has 4 nitrogen and oxygen atoms in total. The summed E-state index contributed by atoms with van der Waals surface area (Å²) < 4.78 is 0. The van der Waals surface area contributed by atoms with E-state index in [-0.39, 0.29) is 6.03 Å². The van der Waals surface area contributed by atoms with Crippen LogP contribution in [-0.2, 0) is 0 Å². The summed E-state index contributed by atoms with van der Waals surface area (Å²) in [6.07, 6.45) is 4.81. The Morgan fingerprint density at radius 2 is 2.20 bits per heavy atom. The molecule has 1 saturated carbocycles. The topological polar surface area (TPSA) is 44.4 Å². The summed E-state index contributed by atoms with van der Waals surface area (Å²) >= 11 is 0. The van der Waals surface area contributed by atoms with Crippen molar-refractivity contribution >= 4 is 6.03 Å². The average molecular weight is 211 g/mol. The molecule has 1 aliphatic carbocycles. The number of rotatable bonds is 3. The van der Waals surface area contributed by atoms with E-state index in [2.05, 4.69) is 22.6 Å². The largest absolute Gasteiger partial charge is 0.338 e. The van der Waals surface area contributed by atoms with E-state index in [1.54, 1.807) is 0 Å². The second-order valence-corrected chi connectivity index (χ2v) is 4.90. The van der Waals surface area contributed by atoms with Crippen LogP contribution >= 0.6 is 0 Å². The number of urea groups is 1. The van der Waals surface area contributed by atoms with Crippen LogP contribution in [-0.4, -0.2) is 43.7 Å². The Hall–Kier alpha value is -0.770. The first-order valence-electron chi connectivity index (χ1n) is 5.97. The highest BCUT2D eigenvalue weighted by Crippen LogP contribution is 2.18. The van der Waals surface area contributed by atoms with Crippen molar-refractivity contribution in [2.75, 3.05) is 26.7 Å². The lowest BCUT2D eigenvalue weighted by atomic mass is 9.99. The number of hydrogen-bond donors (Lipinski definition) is 2. The zero-order chi connectivity index (χ0) is 10.7. The molecule has 1 aliphatic heterocycles. The van der Waals surface area contributed by atoms with Crippen LogP contribution in [0.2, 0.25) is 0 Å². The zero-order valence-corrected chi connectivity index (χ0v) is 9.46. The van der Waals surface area contributed by atoms with E-state index in [9.17, 15) is 4.79 Å². The van der Waals surface area contributed by atoms with Gasteiger partial charge < -0.3 is 15.5 Å². The van der Waals surface area contributed by atoms with Crippen molar-refractivity contribution in [3.05, 3.63) is 0 Å². The number of hydrogen-bond acceptors (Lipinski definition) is 2. The maximum Gasteiger partial charge on any atom is 0.315 e. The van der Waals surface area contributed by atoms with Gasteiger partial charge in [0.15, 0.2) is 0 Å². The van der Waals surface area contributed by atoms with Crippen LogP contribution in [0.15, 0.2) is 0 Å². The van der Waals surface area contributed by atoms with Crippen molar-refractivity contribution in [1.82, 2.24) is 15.5 Å². The van der Waals surface area contributed by atoms with E-state index in [0.29, 0.717) is 12.0 Å². The number of nitrogens with zero attached hydrogens (tertiary/aromatic N) is 1. The predicted octanol–water partition coefficient (Wildman–Crippen LogP) is 0.790. The van der Waals surface area contributed by atoms with Crippen LogP contribution in [0.3, 0.4) is 0 Å². The van der Waals surface area contributed by atoms with Crippen molar-refractivity contribution < 1.29 is 4.79 Å². The molecule has 0 bridgehead atoms. The normalized spacial score (nSPS) is 27.4. The summed E-state index contributed by atoms with van der Waals surface area (Å²) in [7, 11) is 2.15. The quantitative estimate of drug-likeness (QED) is 0.725. The monoisotopic (exact) mass is 211 g/mol. The second-order valence-electron chi connectivity index (χ2n) is 4.90. The molecule has 2 rings (SSSR count). The van der Waals surface area contributed by atoms with E-state index < -0.39 is 0 Å². The van der Waals surface area contributed by atoms with Crippen molar-refractivity contribution in [3.63, 3.8) is 0 Å². The van der Waals surface area contributed by atoms with Gasteiger partial charge in [-0.25, -0.2) is 4.79 Å². The van der Waals surface area contributed by atoms with Gasteiger partial charge in [-0.15, -0.1) is 0 Å². The minimum atomic E-state index is 0.0192. The fourth-order valence-electron chi connectivity index (χ4n) is 2.14. The highest BCUT2D eigenvalue weighted by atomic mass is 16.2. The van der Waals surface area contributed by atoms with Gasteiger partial charge in [0.25, 0.3) is 0 Å². The first-order chi connectivity index (χ1) is 7.24. The van der Waals surface area contributed by atoms with E-state index >= 15 is 0 Å². The number of amides is 2. The van der Waals surface area contributed by atoms with E-state index in [4.69, 9.17) is 0 Å². The smallest absolute Gasteiger partial charge is 0.315 e. The molecular formula is C11H21N3O. The first kappa shape index (κ1) is 10.7. The molecule has 0 aromatic carbocycles. The molecule has 1 heterocycles. The Labute approximate surface area is 91.4 Å². The average Bonchev–Trinajstić information content (AvgIpc) is 2.99. The van der Waals surface area contributed by atoms with E-state index in [0.717, 1.165) is 25.9 Å². The molecule has 0 spiro atoms. The van der Waals surface area contributed by atoms with Crippen LogP contribution in [0.4, 0.5) is 4.79 Å². The number of likely N-dealkylation sites (tertiary alicyclic amines) is 1. The third kappa shape index (κ3) is 3.70. The highest BCUT2D eigenvalue weighted by molar-refractivity contribution is 5.74. The van der Waals surface area contributed by atoms with Crippen LogP contribution in [0.5, 0.6) is 0 Å². The number of piperidine rings is 1. The van der Waals surface area contributed by atoms with Gasteiger partial charge in [0.1, 0.15) is 0 Å². The molecule has 0 aromatic rings. The Balaban J connectivity index is 1.61. The summed E-state index contributed by atoms with van der Waals surface area (Å²) in [5, 5.41) is 5.91. The van der Waals surface area contributed by atoms with Gasteiger partial charge in [0.2, 0.25) is 0 Å². The fourth-order valence-corrected chi connectivity index (χ4v) is 2.14. The molecule has 86 valence electrons. The molecular weight excluding hydrogens is 190 g/mol. The van der Waals surface area contributed by atoms with Crippen LogP contribution in [0.1, 0.15) is 25.7 Å². The standard InChI is InChI=1S/C11H21N3O/c1-14-6-2-3-9(8-14)7-12-11(15)13-10-4-5-10/h9-10H,2-8H2,1H3,(H2,12,13,15). The van der Waals surface area contributed by atoms with Crippen molar-refractivity contribution in [2.24, 2.45) is 5.92 Å². The summed E-state index contributed by atoms with van der Waals surface area (Å²) in [4.78, 5) is 13.7. The minimum absolute atomic E-state index is 0.0192. The lowest BCUT2D eigenvalue weighted by molar-refractivity contribution is 0.202. The second kappa shape index (κ2) is 4.84. The minimum Gasteiger partial charge on any atom is -0.338 e. The van der Waals surface area contributed by atoms with Gasteiger partial charge in [-0.2, -0.15) is 0 Å². The predicted molar refractivity (Wildman–Crippen MR) is 59.8 cm³/mol. The lowest BCUT2D eigenvalue weighted by Gasteiger charge is -2.29. The molecule has 1 saturated heterocycles. The summed E-state index contributed by atoms with van der Waals surface area (Å²) in [6, 6.07) is 0.477. The molecule has 0 radical (unpaired) electrons. The highest BCUT2D eigenvalue weighted by Gasteiger charge is 2.23. The van der Waals surface area contributed by atoms with Gasteiger partial charge in [-0.05, 0) is 45.2 Å². The molecule has 1 atom stereocenters. The maximum atomic E-state index is 11.4. The Kier molecular flexibility index (Phi) is 3.46. The van der Waals surface area contributed by atoms with Gasteiger partial charge >= 0.3 is 6.03 Å². The Morgan fingerprint density at radius 1 is 1.40 bits per heavy atom. The van der Waals surface area contributed by atoms with Crippen molar-refractivity contribution in [3.8, 4) is 0 Å². The van der Waals surface area contributed by atoms with Crippen molar-refractivity contribution in [1.29, 1.82) is 0 Å². The number of carbonyl (C=O) groups excluding carboxylic acids is 1. The maximum absolute atomic E-state index is 11.4. The lowest BCUT2D eigenvalue weighted by Crippen LogP contribution is -2.43. The number of nitrogens with one attached hydrogen (secondary N) is 2. The van der Waals surface area contributed by atoms with Crippen LogP contribution in [0, 0.1) is 5.92 Å². The fraction of sp³-hybridized carbons (Fsp3) is 0.909. The Bertz CT molecular complexity index is 228. The SMILES string of the molecule is CN1CCCC(CNC(=O)NC2CC2)C1. The first-order valence-corrected chi connectivity index (χ1v) is 5.97. The molecule has 4 heteroatoms. The molecule has 2 aliphatic rings. The zero-order valence-electron chi connectivity index (χ0n) is 9.46. The van der Waals surface area contributed by atoms with Gasteiger partial charge in [0, 0.05) is 19.1 Å². The molecule has 0 aromatic heterocycles. The third-order valence-electron chi connectivity index (χ3n) is 3.19. The third-order valence-corrected chi connectivity index (χ3v) is 3.19. The van der Waals surface area contributed by atoms with Crippen LogP contribution < -0.4 is 10.6 Å².